The topological polar surface area (TPSA) is 56.0 Å². The maximum Gasteiger partial charge on any atom is 0.272 e. The number of aryl methyl sites for hydroxylation is 2. The van der Waals surface area contributed by atoms with Crippen LogP contribution < -0.4 is 0 Å². The molecule has 0 bridgehead atoms. The van der Waals surface area contributed by atoms with Crippen LogP contribution in [0.4, 0.5) is 17.6 Å². The van der Waals surface area contributed by atoms with E-state index in [1.807, 2.05) is 13.1 Å². The van der Waals surface area contributed by atoms with Crippen molar-refractivity contribution in [3.05, 3.63) is 100 Å². The predicted octanol–water partition coefficient (Wildman–Crippen LogP) is 4.91. The summed E-state index contributed by atoms with van der Waals surface area (Å²) >= 11 is 0. The van der Waals surface area contributed by atoms with Gasteiger partial charge in [0, 0.05) is 43.7 Å². The van der Waals surface area contributed by atoms with Crippen molar-refractivity contribution < 1.29 is 22.4 Å². The van der Waals surface area contributed by atoms with Crippen molar-refractivity contribution in [2.75, 3.05) is 7.05 Å². The van der Waals surface area contributed by atoms with E-state index >= 15 is 0 Å². The zero-order chi connectivity index (χ0) is 25.3. The van der Waals surface area contributed by atoms with Gasteiger partial charge in [-0.1, -0.05) is 0 Å². The lowest BCUT2D eigenvalue weighted by atomic mass is 10.1. The van der Waals surface area contributed by atoms with Crippen LogP contribution in [0.15, 0.2) is 48.8 Å². The Morgan fingerprint density at radius 2 is 1.71 bits per heavy atom. The first kappa shape index (κ1) is 23.9. The van der Waals surface area contributed by atoms with Gasteiger partial charge in [-0.15, -0.1) is 0 Å². The second-order valence-corrected chi connectivity index (χ2v) is 7.98. The summed E-state index contributed by atoms with van der Waals surface area (Å²) in [5, 5.41) is 4.28. The van der Waals surface area contributed by atoms with Crippen LogP contribution in [0.2, 0.25) is 0 Å². The lowest BCUT2D eigenvalue weighted by Crippen LogP contribution is -2.28. The fourth-order valence-electron chi connectivity index (χ4n) is 3.68. The summed E-state index contributed by atoms with van der Waals surface area (Å²) < 4.78 is 58.4. The number of nitrogens with zero attached hydrogens (tertiary/aromatic N) is 5. The van der Waals surface area contributed by atoms with Gasteiger partial charge in [0.2, 0.25) is 0 Å². The molecule has 0 saturated heterocycles. The fourth-order valence-corrected chi connectivity index (χ4v) is 3.68. The lowest BCUT2D eigenvalue weighted by molar-refractivity contribution is 0.0777. The van der Waals surface area contributed by atoms with E-state index in [4.69, 9.17) is 0 Å². The Morgan fingerprint density at radius 1 is 1.03 bits per heavy atom. The molecule has 35 heavy (non-hydrogen) atoms. The number of imidazole rings is 1. The number of aromatic nitrogens is 4. The second-order valence-electron chi connectivity index (χ2n) is 7.98. The molecular formula is C25H21F4N5O. The molecule has 4 rings (SSSR count). The monoisotopic (exact) mass is 483 g/mol. The fraction of sp³-hybridized carbons (Fsp3) is 0.160. The number of halogens is 4. The molecule has 0 aliphatic rings. The van der Waals surface area contributed by atoms with E-state index in [2.05, 4.69) is 10.1 Å². The molecule has 0 aliphatic carbocycles. The number of amides is 1. The van der Waals surface area contributed by atoms with Crippen LogP contribution in [0.25, 0.3) is 17.8 Å². The third kappa shape index (κ3) is 4.86. The first-order chi connectivity index (χ1) is 16.7. The van der Waals surface area contributed by atoms with Crippen molar-refractivity contribution in [1.82, 2.24) is 24.2 Å². The summed E-state index contributed by atoms with van der Waals surface area (Å²) in [4.78, 5) is 19.0. The molecule has 0 spiro atoms. The lowest BCUT2D eigenvalue weighted by Gasteiger charge is -2.18. The Kier molecular flexibility index (Phi) is 6.54. The number of carbonyl (C=O) groups is 1. The number of rotatable bonds is 6. The molecule has 0 radical (unpaired) electrons. The normalized spacial score (nSPS) is 11.4. The Hall–Kier alpha value is -4.21. The minimum absolute atomic E-state index is 0.133. The predicted molar refractivity (Wildman–Crippen MR) is 123 cm³/mol. The average Bonchev–Trinajstić information content (AvgIpc) is 3.38. The van der Waals surface area contributed by atoms with Gasteiger partial charge in [-0.25, -0.2) is 22.5 Å². The minimum Gasteiger partial charge on any atom is -0.336 e. The molecule has 4 aromatic rings. The van der Waals surface area contributed by atoms with E-state index in [0.717, 1.165) is 23.4 Å². The molecule has 2 heterocycles. The van der Waals surface area contributed by atoms with Crippen LogP contribution in [0.3, 0.4) is 0 Å². The highest BCUT2D eigenvalue weighted by atomic mass is 19.2. The van der Waals surface area contributed by atoms with E-state index in [0.29, 0.717) is 11.8 Å². The van der Waals surface area contributed by atoms with Gasteiger partial charge in [-0.3, -0.25) is 14.0 Å². The summed E-state index contributed by atoms with van der Waals surface area (Å²) in [6.07, 6.45) is 5.42. The number of carbonyl (C=O) groups excluding carboxylic acids is 1. The highest BCUT2D eigenvalue weighted by Crippen LogP contribution is 2.22. The van der Waals surface area contributed by atoms with Crippen LogP contribution in [0, 0.1) is 30.2 Å². The molecule has 0 unspecified atom stereocenters. The smallest absolute Gasteiger partial charge is 0.272 e. The Bertz CT molecular complexity index is 1420. The molecule has 1 amide bonds. The van der Waals surface area contributed by atoms with Gasteiger partial charge in [-0.2, -0.15) is 5.10 Å². The molecule has 10 heteroatoms. The van der Waals surface area contributed by atoms with Crippen molar-refractivity contribution in [1.29, 1.82) is 0 Å². The van der Waals surface area contributed by atoms with Gasteiger partial charge in [0.25, 0.3) is 5.91 Å². The molecule has 2 aromatic heterocycles. The largest absolute Gasteiger partial charge is 0.336 e. The summed E-state index contributed by atoms with van der Waals surface area (Å²) in [5.74, 6) is -4.24. The first-order valence-corrected chi connectivity index (χ1v) is 10.6. The molecule has 0 saturated carbocycles. The molecule has 0 atom stereocenters. The maximum atomic E-state index is 14.1. The number of hydrogen-bond acceptors (Lipinski definition) is 3. The van der Waals surface area contributed by atoms with Gasteiger partial charge < -0.3 is 4.90 Å². The van der Waals surface area contributed by atoms with Gasteiger partial charge >= 0.3 is 0 Å². The third-order valence-corrected chi connectivity index (χ3v) is 5.44. The van der Waals surface area contributed by atoms with E-state index in [1.54, 1.807) is 18.8 Å². The Labute approximate surface area is 198 Å². The van der Waals surface area contributed by atoms with Crippen molar-refractivity contribution in [2.45, 2.75) is 13.5 Å². The van der Waals surface area contributed by atoms with Crippen molar-refractivity contribution >= 4 is 18.1 Å². The summed E-state index contributed by atoms with van der Waals surface area (Å²) in [7, 11) is 3.40. The zero-order valence-electron chi connectivity index (χ0n) is 19.1. The molecule has 6 nitrogen and oxygen atoms in total. The molecule has 2 aromatic carbocycles. The minimum atomic E-state index is -1.34. The highest BCUT2D eigenvalue weighted by Gasteiger charge is 2.22. The van der Waals surface area contributed by atoms with Crippen LogP contribution in [0.1, 0.15) is 33.1 Å². The van der Waals surface area contributed by atoms with E-state index in [-0.39, 0.29) is 18.1 Å². The summed E-state index contributed by atoms with van der Waals surface area (Å²) in [6.45, 7) is 2.11. The van der Waals surface area contributed by atoms with Gasteiger partial charge in [0.15, 0.2) is 11.6 Å². The Balaban J connectivity index is 1.74. The molecular weight excluding hydrogens is 462 g/mol. The third-order valence-electron chi connectivity index (χ3n) is 5.44. The van der Waals surface area contributed by atoms with Crippen LogP contribution in [-0.4, -0.2) is 37.2 Å². The highest BCUT2D eigenvalue weighted by molar-refractivity contribution is 5.93. The quantitative estimate of drug-likeness (QED) is 0.289. The molecule has 180 valence electrons. The van der Waals surface area contributed by atoms with E-state index in [1.165, 1.54) is 46.0 Å². The van der Waals surface area contributed by atoms with Gasteiger partial charge in [-0.05, 0) is 55.5 Å². The van der Waals surface area contributed by atoms with Crippen LogP contribution in [-0.2, 0) is 13.6 Å². The number of hydrogen-bond donors (Lipinski definition) is 0. The zero-order valence-corrected chi connectivity index (χ0v) is 19.1. The molecule has 0 fully saturated rings. The van der Waals surface area contributed by atoms with E-state index < -0.39 is 34.7 Å². The van der Waals surface area contributed by atoms with Gasteiger partial charge in [0.05, 0.1) is 11.9 Å². The second kappa shape index (κ2) is 9.57. The number of benzene rings is 2. The first-order valence-electron chi connectivity index (χ1n) is 10.6. The van der Waals surface area contributed by atoms with Crippen LogP contribution in [0.5, 0.6) is 0 Å². The van der Waals surface area contributed by atoms with Gasteiger partial charge in [0.1, 0.15) is 23.2 Å². The summed E-state index contributed by atoms with van der Waals surface area (Å²) in [5.41, 5.74) is 1.59. The standard InChI is InChI=1S/C25H21F4N5O/c1-15-16(14-33(3)31-15)13-32(2)25(35)22-12-30-23(34(22)18-6-4-17(26)5-7-18)11-8-19-20(27)9-10-21(28)24(19)29/h4-12,14H,13H2,1-3H3/b11-8+. The average molecular weight is 483 g/mol. The van der Waals surface area contributed by atoms with Crippen LogP contribution >= 0.6 is 0 Å². The molecule has 0 N–H and O–H groups in total. The molecule has 0 aliphatic heterocycles. The summed E-state index contributed by atoms with van der Waals surface area (Å²) in [6, 6.07) is 6.82. The SMILES string of the molecule is Cc1nn(C)cc1CN(C)C(=O)c1cnc(/C=C/c2c(F)ccc(F)c2F)n1-c1ccc(F)cc1. The van der Waals surface area contributed by atoms with Crippen molar-refractivity contribution in [3.8, 4) is 5.69 Å². The van der Waals surface area contributed by atoms with Crippen molar-refractivity contribution in [3.63, 3.8) is 0 Å². The Morgan fingerprint density at radius 3 is 2.37 bits per heavy atom. The van der Waals surface area contributed by atoms with E-state index in [9.17, 15) is 22.4 Å². The van der Waals surface area contributed by atoms with Crippen molar-refractivity contribution in [2.24, 2.45) is 7.05 Å². The maximum absolute atomic E-state index is 14.1.